The fourth-order valence-corrected chi connectivity index (χ4v) is 2.21. The summed E-state index contributed by atoms with van der Waals surface area (Å²) >= 11 is 0. The molecule has 0 spiro atoms. The molecule has 2 nitrogen and oxygen atoms in total. The Morgan fingerprint density at radius 3 is 2.83 bits per heavy atom. The second-order valence-corrected chi connectivity index (χ2v) is 3.48. The Bertz CT molecular complexity index is 321. The average Bonchev–Trinajstić information content (AvgIpc) is 2.62. The lowest BCUT2D eigenvalue weighted by Gasteiger charge is -2.15. The van der Waals surface area contributed by atoms with E-state index in [0.717, 1.165) is 6.42 Å². The SMILES string of the molecule is O[C@H]1C[C@H]2O[C@@H]1c1ccccc12. The van der Waals surface area contributed by atoms with Gasteiger partial charge in [0.2, 0.25) is 0 Å². The average molecular weight is 162 g/mol. The maximum atomic E-state index is 9.54. The van der Waals surface area contributed by atoms with Crippen LogP contribution in [0.3, 0.4) is 0 Å². The van der Waals surface area contributed by atoms with Crippen molar-refractivity contribution in [3.8, 4) is 0 Å². The number of fused-ring (bicyclic) bond motifs is 5. The van der Waals surface area contributed by atoms with Crippen molar-refractivity contribution >= 4 is 0 Å². The van der Waals surface area contributed by atoms with Crippen molar-refractivity contribution in [3.05, 3.63) is 35.4 Å². The van der Waals surface area contributed by atoms with Crippen molar-refractivity contribution < 1.29 is 9.84 Å². The number of rotatable bonds is 0. The number of ether oxygens (including phenoxy) is 1. The van der Waals surface area contributed by atoms with E-state index in [-0.39, 0.29) is 18.3 Å². The summed E-state index contributed by atoms with van der Waals surface area (Å²) in [5.41, 5.74) is 2.45. The van der Waals surface area contributed by atoms with Crippen LogP contribution in [0.5, 0.6) is 0 Å². The molecule has 1 fully saturated rings. The Morgan fingerprint density at radius 2 is 2.00 bits per heavy atom. The van der Waals surface area contributed by atoms with Gasteiger partial charge in [-0.3, -0.25) is 0 Å². The van der Waals surface area contributed by atoms with Crippen LogP contribution in [0.25, 0.3) is 0 Å². The van der Waals surface area contributed by atoms with Gasteiger partial charge in [0.1, 0.15) is 6.10 Å². The summed E-state index contributed by atoms with van der Waals surface area (Å²) < 4.78 is 5.60. The molecule has 0 saturated carbocycles. The second kappa shape index (κ2) is 2.09. The van der Waals surface area contributed by atoms with Crippen LogP contribution in [0.1, 0.15) is 29.8 Å². The molecule has 0 amide bonds. The van der Waals surface area contributed by atoms with Gasteiger partial charge in [-0.25, -0.2) is 0 Å². The number of aliphatic hydroxyl groups excluding tert-OH is 1. The van der Waals surface area contributed by atoms with Crippen LogP contribution in [0.2, 0.25) is 0 Å². The van der Waals surface area contributed by atoms with Crippen molar-refractivity contribution in [3.63, 3.8) is 0 Å². The van der Waals surface area contributed by atoms with Crippen LogP contribution in [0, 0.1) is 0 Å². The molecule has 3 rings (SSSR count). The van der Waals surface area contributed by atoms with Crippen molar-refractivity contribution in [1.29, 1.82) is 0 Å². The van der Waals surface area contributed by atoms with Crippen LogP contribution in [0.15, 0.2) is 24.3 Å². The number of aliphatic hydroxyl groups is 1. The molecule has 1 aromatic carbocycles. The van der Waals surface area contributed by atoms with E-state index in [4.69, 9.17) is 4.74 Å². The van der Waals surface area contributed by atoms with E-state index >= 15 is 0 Å². The van der Waals surface area contributed by atoms with Gasteiger partial charge < -0.3 is 9.84 Å². The molecule has 0 unspecified atom stereocenters. The van der Waals surface area contributed by atoms with Crippen LogP contribution in [-0.4, -0.2) is 11.2 Å². The fourth-order valence-electron chi connectivity index (χ4n) is 2.21. The molecule has 2 bridgehead atoms. The van der Waals surface area contributed by atoms with E-state index in [0.29, 0.717) is 0 Å². The topological polar surface area (TPSA) is 29.5 Å². The maximum Gasteiger partial charge on any atom is 0.110 e. The largest absolute Gasteiger partial charge is 0.390 e. The predicted octanol–water partition coefficient (Wildman–Crippen LogP) is 1.56. The highest BCUT2D eigenvalue weighted by atomic mass is 16.5. The van der Waals surface area contributed by atoms with Gasteiger partial charge in [-0.05, 0) is 11.1 Å². The summed E-state index contributed by atoms with van der Waals surface area (Å²) in [6, 6.07) is 8.15. The third-order valence-electron chi connectivity index (χ3n) is 2.77. The van der Waals surface area contributed by atoms with Crippen molar-refractivity contribution in [2.45, 2.75) is 24.7 Å². The van der Waals surface area contributed by atoms with E-state index in [9.17, 15) is 5.11 Å². The van der Waals surface area contributed by atoms with Gasteiger partial charge >= 0.3 is 0 Å². The molecule has 2 heterocycles. The monoisotopic (exact) mass is 162 g/mol. The normalized spacial score (nSPS) is 36.9. The highest BCUT2D eigenvalue weighted by Crippen LogP contribution is 2.50. The van der Waals surface area contributed by atoms with E-state index in [2.05, 4.69) is 6.07 Å². The molecule has 1 aromatic rings. The third kappa shape index (κ3) is 0.667. The molecule has 1 saturated heterocycles. The summed E-state index contributed by atoms with van der Waals surface area (Å²) in [5, 5.41) is 9.54. The maximum absolute atomic E-state index is 9.54. The lowest BCUT2D eigenvalue weighted by molar-refractivity contribution is 0.0299. The molecule has 1 N–H and O–H groups in total. The lowest BCUT2D eigenvalue weighted by Crippen LogP contribution is -2.14. The summed E-state index contributed by atoms with van der Waals surface area (Å²) in [7, 11) is 0. The highest BCUT2D eigenvalue weighted by molar-refractivity contribution is 5.37. The standard InChI is InChI=1S/C10H10O2/c11-8-5-9-6-3-1-2-4-7(6)10(8)12-9/h1-4,8-11H,5H2/t8-,9+,10+/m0/s1. The summed E-state index contributed by atoms with van der Waals surface area (Å²) in [6.45, 7) is 0. The van der Waals surface area contributed by atoms with E-state index < -0.39 is 0 Å². The van der Waals surface area contributed by atoms with Gasteiger partial charge in [0.15, 0.2) is 0 Å². The van der Waals surface area contributed by atoms with Crippen LogP contribution >= 0.6 is 0 Å². The molecule has 62 valence electrons. The molecule has 12 heavy (non-hydrogen) atoms. The van der Waals surface area contributed by atoms with Crippen molar-refractivity contribution in [2.24, 2.45) is 0 Å². The minimum Gasteiger partial charge on any atom is -0.390 e. The number of hydrogen-bond donors (Lipinski definition) is 1. The summed E-state index contributed by atoms with van der Waals surface area (Å²) in [6.07, 6.45) is 0.582. The summed E-state index contributed by atoms with van der Waals surface area (Å²) in [5.74, 6) is 0. The summed E-state index contributed by atoms with van der Waals surface area (Å²) in [4.78, 5) is 0. The Labute approximate surface area is 70.8 Å². The van der Waals surface area contributed by atoms with Crippen LogP contribution < -0.4 is 0 Å². The minimum atomic E-state index is -0.287. The first-order valence-electron chi connectivity index (χ1n) is 4.28. The van der Waals surface area contributed by atoms with Gasteiger partial charge in [0.05, 0.1) is 12.2 Å². The molecule has 2 heteroatoms. The second-order valence-electron chi connectivity index (χ2n) is 3.48. The molecule has 0 aliphatic carbocycles. The third-order valence-corrected chi connectivity index (χ3v) is 2.77. The number of benzene rings is 1. The predicted molar refractivity (Wildman–Crippen MR) is 43.6 cm³/mol. The van der Waals surface area contributed by atoms with E-state index in [1.165, 1.54) is 11.1 Å². The molecule has 2 aliphatic rings. The Balaban J connectivity index is 2.17. The first-order valence-corrected chi connectivity index (χ1v) is 4.28. The molecule has 0 aromatic heterocycles. The fraction of sp³-hybridized carbons (Fsp3) is 0.400. The quantitative estimate of drug-likeness (QED) is 0.627. The van der Waals surface area contributed by atoms with Crippen molar-refractivity contribution in [2.75, 3.05) is 0 Å². The zero-order valence-electron chi connectivity index (χ0n) is 6.60. The first-order chi connectivity index (χ1) is 5.86. The zero-order chi connectivity index (χ0) is 8.13. The molecular weight excluding hydrogens is 152 g/mol. The highest BCUT2D eigenvalue weighted by Gasteiger charge is 2.43. The van der Waals surface area contributed by atoms with Gasteiger partial charge in [-0.15, -0.1) is 0 Å². The molecule has 2 aliphatic heterocycles. The van der Waals surface area contributed by atoms with Gasteiger partial charge in [0, 0.05) is 6.42 Å². The van der Waals surface area contributed by atoms with Gasteiger partial charge in [-0.1, -0.05) is 24.3 Å². The zero-order valence-corrected chi connectivity index (χ0v) is 6.60. The Morgan fingerprint density at radius 1 is 1.25 bits per heavy atom. The Hall–Kier alpha value is -0.860. The van der Waals surface area contributed by atoms with E-state index in [1.54, 1.807) is 0 Å². The Kier molecular flexibility index (Phi) is 1.15. The molecule has 3 atom stereocenters. The first kappa shape index (κ1) is 6.63. The lowest BCUT2D eigenvalue weighted by atomic mass is 9.90. The van der Waals surface area contributed by atoms with Gasteiger partial charge in [-0.2, -0.15) is 0 Å². The van der Waals surface area contributed by atoms with Crippen molar-refractivity contribution in [1.82, 2.24) is 0 Å². The molecular formula is C10H10O2. The molecule has 0 radical (unpaired) electrons. The van der Waals surface area contributed by atoms with Crippen LogP contribution in [0.4, 0.5) is 0 Å². The van der Waals surface area contributed by atoms with Gasteiger partial charge in [0.25, 0.3) is 0 Å². The van der Waals surface area contributed by atoms with Crippen LogP contribution in [-0.2, 0) is 4.74 Å². The smallest absolute Gasteiger partial charge is 0.110 e. The minimum absolute atomic E-state index is 0.0498. The number of hydrogen-bond acceptors (Lipinski definition) is 2. The van der Waals surface area contributed by atoms with E-state index in [1.807, 2.05) is 18.2 Å².